The summed E-state index contributed by atoms with van der Waals surface area (Å²) in [6.07, 6.45) is 0. The highest BCUT2D eigenvalue weighted by Crippen LogP contribution is 2.29. The zero-order valence-electron chi connectivity index (χ0n) is 17.2. The molecule has 0 radical (unpaired) electrons. The number of nitro groups is 1. The lowest BCUT2D eigenvalue weighted by atomic mass is 10.2. The fraction of sp³-hybridized carbons (Fsp3) is 0.286. The molecular weight excluding hydrogens is 420 g/mol. The number of nitro benzene ring substituents is 1. The van der Waals surface area contributed by atoms with Crippen molar-refractivity contribution in [1.82, 2.24) is 19.7 Å². The van der Waals surface area contributed by atoms with E-state index in [4.69, 9.17) is 11.6 Å². The Bertz CT molecular complexity index is 1150. The number of hydrogen-bond acceptors (Lipinski definition) is 6. The molecule has 1 aliphatic heterocycles. The van der Waals surface area contributed by atoms with Crippen molar-refractivity contribution in [3.63, 3.8) is 0 Å². The van der Waals surface area contributed by atoms with Crippen LogP contribution in [0.25, 0.3) is 5.82 Å². The number of carbonyl (C=O) groups is 1. The topological polar surface area (TPSA) is 97.4 Å². The van der Waals surface area contributed by atoms with Gasteiger partial charge in [-0.1, -0.05) is 23.7 Å². The zero-order chi connectivity index (χ0) is 22.1. The maximum atomic E-state index is 13.1. The molecule has 4 rings (SSSR count). The number of rotatable bonds is 4. The second kappa shape index (κ2) is 8.35. The second-order valence-corrected chi connectivity index (χ2v) is 7.77. The van der Waals surface area contributed by atoms with E-state index in [2.05, 4.69) is 10.1 Å². The SMILES string of the molecule is Cc1cc(C)n(-c2ccc(Cl)c(C(=O)N3CCN(c4ccccc4[N+](=O)[O-])CC3)n2)n1. The first-order valence-corrected chi connectivity index (χ1v) is 10.2. The summed E-state index contributed by atoms with van der Waals surface area (Å²) in [5.74, 6) is 0.257. The van der Waals surface area contributed by atoms with Crippen LogP contribution < -0.4 is 4.90 Å². The van der Waals surface area contributed by atoms with E-state index < -0.39 is 0 Å². The van der Waals surface area contributed by atoms with Gasteiger partial charge in [-0.15, -0.1) is 0 Å². The molecule has 0 saturated carbocycles. The molecule has 0 N–H and O–H groups in total. The highest BCUT2D eigenvalue weighted by atomic mass is 35.5. The van der Waals surface area contributed by atoms with E-state index in [1.807, 2.05) is 24.8 Å². The molecule has 9 nitrogen and oxygen atoms in total. The summed E-state index contributed by atoms with van der Waals surface area (Å²) in [6.45, 7) is 5.58. The maximum Gasteiger partial charge on any atom is 0.292 e. The lowest BCUT2D eigenvalue weighted by Gasteiger charge is -2.35. The summed E-state index contributed by atoms with van der Waals surface area (Å²) < 4.78 is 1.68. The van der Waals surface area contributed by atoms with Gasteiger partial charge in [-0.25, -0.2) is 9.67 Å². The van der Waals surface area contributed by atoms with Gasteiger partial charge in [0.2, 0.25) is 0 Å². The van der Waals surface area contributed by atoms with Gasteiger partial charge in [0.1, 0.15) is 11.4 Å². The van der Waals surface area contributed by atoms with Gasteiger partial charge in [-0.2, -0.15) is 5.10 Å². The van der Waals surface area contributed by atoms with Gasteiger partial charge in [0.05, 0.1) is 15.6 Å². The van der Waals surface area contributed by atoms with Crippen LogP contribution in [0.3, 0.4) is 0 Å². The number of piperazine rings is 1. The van der Waals surface area contributed by atoms with Crippen molar-refractivity contribution in [3.05, 3.63) is 74.7 Å². The Morgan fingerprint density at radius 2 is 1.81 bits per heavy atom. The molecule has 0 bridgehead atoms. The minimum absolute atomic E-state index is 0.0598. The lowest BCUT2D eigenvalue weighted by molar-refractivity contribution is -0.384. The van der Waals surface area contributed by atoms with E-state index in [9.17, 15) is 14.9 Å². The van der Waals surface area contributed by atoms with Crippen LogP contribution in [0, 0.1) is 24.0 Å². The number of aryl methyl sites for hydroxylation is 2. The number of amides is 1. The quantitative estimate of drug-likeness (QED) is 0.455. The Morgan fingerprint density at radius 3 is 2.45 bits per heavy atom. The first kappa shape index (κ1) is 20.8. The fourth-order valence-electron chi connectivity index (χ4n) is 3.75. The Labute approximate surface area is 184 Å². The molecule has 2 aromatic heterocycles. The predicted octanol–water partition coefficient (Wildman–Crippen LogP) is 3.41. The number of hydrogen-bond donors (Lipinski definition) is 0. The number of carbonyl (C=O) groups excluding carboxylic acids is 1. The van der Waals surface area contributed by atoms with Gasteiger partial charge in [0.25, 0.3) is 11.6 Å². The van der Waals surface area contributed by atoms with Crippen molar-refractivity contribution in [1.29, 1.82) is 0 Å². The van der Waals surface area contributed by atoms with Crippen LogP contribution in [0.15, 0.2) is 42.5 Å². The van der Waals surface area contributed by atoms with Gasteiger partial charge in [0, 0.05) is 37.9 Å². The van der Waals surface area contributed by atoms with Crippen LogP contribution in [0.2, 0.25) is 5.02 Å². The normalized spacial score (nSPS) is 14.0. The zero-order valence-corrected chi connectivity index (χ0v) is 17.9. The highest BCUT2D eigenvalue weighted by Gasteiger charge is 2.28. The van der Waals surface area contributed by atoms with Gasteiger partial charge in [-0.3, -0.25) is 14.9 Å². The smallest absolute Gasteiger partial charge is 0.292 e. The number of aromatic nitrogens is 3. The van der Waals surface area contributed by atoms with Crippen molar-refractivity contribution in [2.24, 2.45) is 0 Å². The summed E-state index contributed by atoms with van der Waals surface area (Å²) in [6, 6.07) is 11.9. The molecule has 0 atom stereocenters. The third kappa shape index (κ3) is 4.09. The predicted molar refractivity (Wildman–Crippen MR) is 117 cm³/mol. The largest absolute Gasteiger partial charge is 0.362 e. The number of anilines is 1. The van der Waals surface area contributed by atoms with E-state index in [0.717, 1.165) is 11.4 Å². The number of para-hydroxylation sites is 2. The molecule has 1 amide bonds. The monoisotopic (exact) mass is 440 g/mol. The number of benzene rings is 1. The second-order valence-electron chi connectivity index (χ2n) is 7.36. The van der Waals surface area contributed by atoms with Gasteiger partial charge in [-0.05, 0) is 38.1 Å². The van der Waals surface area contributed by atoms with E-state index in [1.54, 1.807) is 39.9 Å². The summed E-state index contributed by atoms with van der Waals surface area (Å²) >= 11 is 6.30. The van der Waals surface area contributed by atoms with Crippen molar-refractivity contribution < 1.29 is 9.72 Å². The van der Waals surface area contributed by atoms with Crippen LogP contribution in [0.5, 0.6) is 0 Å². The Kier molecular flexibility index (Phi) is 5.60. The van der Waals surface area contributed by atoms with Crippen molar-refractivity contribution in [3.8, 4) is 5.82 Å². The molecule has 0 spiro atoms. The highest BCUT2D eigenvalue weighted by molar-refractivity contribution is 6.33. The fourth-order valence-corrected chi connectivity index (χ4v) is 3.93. The minimum atomic E-state index is -0.388. The standard InChI is InChI=1S/C21H21ClN6O3/c1-14-13-15(2)27(24-14)19-8-7-16(22)20(23-19)21(29)26-11-9-25(10-12-26)17-5-3-4-6-18(17)28(30)31/h3-8,13H,9-12H2,1-2H3. The van der Waals surface area contributed by atoms with Gasteiger partial charge in [0.15, 0.2) is 5.82 Å². The van der Waals surface area contributed by atoms with Crippen LogP contribution in [-0.2, 0) is 0 Å². The molecule has 3 heterocycles. The summed E-state index contributed by atoms with van der Waals surface area (Å²) in [5.41, 5.74) is 2.55. The Balaban J connectivity index is 1.52. The lowest BCUT2D eigenvalue weighted by Crippen LogP contribution is -2.49. The van der Waals surface area contributed by atoms with Gasteiger partial charge >= 0.3 is 0 Å². The molecule has 160 valence electrons. The number of halogens is 1. The maximum absolute atomic E-state index is 13.1. The molecule has 1 aliphatic rings. The average molecular weight is 441 g/mol. The van der Waals surface area contributed by atoms with Crippen LogP contribution in [0.1, 0.15) is 21.9 Å². The van der Waals surface area contributed by atoms with Crippen LogP contribution >= 0.6 is 11.6 Å². The van der Waals surface area contributed by atoms with Crippen molar-refractivity contribution in [2.75, 3.05) is 31.1 Å². The van der Waals surface area contributed by atoms with Crippen molar-refractivity contribution >= 4 is 28.9 Å². The van der Waals surface area contributed by atoms with E-state index in [1.165, 1.54) is 6.07 Å². The molecule has 31 heavy (non-hydrogen) atoms. The minimum Gasteiger partial charge on any atom is -0.362 e. The van der Waals surface area contributed by atoms with Crippen LogP contribution in [0.4, 0.5) is 11.4 Å². The molecule has 1 fully saturated rings. The third-order valence-electron chi connectivity index (χ3n) is 5.25. The van der Waals surface area contributed by atoms with E-state index in [-0.39, 0.29) is 27.2 Å². The number of nitrogens with zero attached hydrogens (tertiary/aromatic N) is 6. The molecule has 3 aromatic rings. The molecule has 0 unspecified atom stereocenters. The third-order valence-corrected chi connectivity index (χ3v) is 5.55. The molecule has 1 aromatic carbocycles. The number of pyridine rings is 1. The summed E-state index contributed by atoms with van der Waals surface area (Å²) in [4.78, 5) is 32.1. The molecular formula is C21H21ClN6O3. The Hall–Kier alpha value is -3.46. The molecule has 1 saturated heterocycles. The Morgan fingerprint density at radius 1 is 1.10 bits per heavy atom. The first-order valence-electron chi connectivity index (χ1n) is 9.83. The molecule has 10 heteroatoms. The first-order chi connectivity index (χ1) is 14.8. The van der Waals surface area contributed by atoms with E-state index in [0.29, 0.717) is 37.7 Å². The summed E-state index contributed by atoms with van der Waals surface area (Å²) in [7, 11) is 0. The van der Waals surface area contributed by atoms with E-state index >= 15 is 0 Å². The molecule has 0 aliphatic carbocycles. The van der Waals surface area contributed by atoms with Crippen LogP contribution in [-0.4, -0.2) is 56.7 Å². The van der Waals surface area contributed by atoms with Crippen molar-refractivity contribution in [2.45, 2.75) is 13.8 Å². The van der Waals surface area contributed by atoms with Gasteiger partial charge < -0.3 is 9.80 Å². The summed E-state index contributed by atoms with van der Waals surface area (Å²) in [5, 5.41) is 16.0. The average Bonchev–Trinajstić information content (AvgIpc) is 3.11.